The van der Waals surface area contributed by atoms with Gasteiger partial charge in [-0.2, -0.15) is 0 Å². The second kappa shape index (κ2) is 8.19. The van der Waals surface area contributed by atoms with Gasteiger partial charge in [-0.25, -0.2) is 0 Å². The van der Waals surface area contributed by atoms with Gasteiger partial charge in [0.05, 0.1) is 0 Å². The lowest BCUT2D eigenvalue weighted by atomic mass is 9.98. The number of amides is 2. The number of aliphatic imine (C=N–C) groups is 1. The van der Waals surface area contributed by atoms with Crippen LogP contribution in [0, 0.1) is 5.92 Å². The molecule has 3 heterocycles. The van der Waals surface area contributed by atoms with E-state index < -0.39 is 5.54 Å². The molecular weight excluding hydrogens is 448 g/mol. The first-order valence-corrected chi connectivity index (χ1v) is 13.2. The Labute approximate surface area is 210 Å². The van der Waals surface area contributed by atoms with Crippen LogP contribution in [0.15, 0.2) is 71.5 Å². The number of H-pyrrole nitrogens is 1. The maximum atomic E-state index is 13.7. The monoisotopic (exact) mass is 478 g/mol. The SMILES string of the molecule is O=C(C1CC1)N1CCC(=CN2C(=O)C3(CCCC3)N=C2c2ccc(-c3ccc4[nH]ccc4c3)cc2)C1. The fraction of sp³-hybridized carbons (Fsp3) is 0.367. The molecule has 6 heteroatoms. The van der Waals surface area contributed by atoms with E-state index in [0.717, 1.165) is 85.1 Å². The molecule has 6 nitrogen and oxygen atoms in total. The molecule has 0 atom stereocenters. The number of carbonyl (C=O) groups excluding carboxylic acids is 2. The number of aromatic nitrogens is 1. The molecule has 2 aliphatic carbocycles. The summed E-state index contributed by atoms with van der Waals surface area (Å²) in [6.45, 7) is 1.38. The molecule has 4 aliphatic rings. The Balaban J connectivity index is 1.19. The van der Waals surface area contributed by atoms with Crippen molar-refractivity contribution < 1.29 is 9.59 Å². The minimum Gasteiger partial charge on any atom is -0.361 e. The van der Waals surface area contributed by atoms with Crippen molar-refractivity contribution in [1.82, 2.24) is 14.8 Å². The normalized spacial score (nSPS) is 22.4. The third kappa shape index (κ3) is 3.58. The maximum Gasteiger partial charge on any atom is 0.260 e. The molecule has 7 rings (SSSR count). The molecule has 2 aliphatic heterocycles. The summed E-state index contributed by atoms with van der Waals surface area (Å²) in [7, 11) is 0. The van der Waals surface area contributed by atoms with Gasteiger partial charge in [-0.05, 0) is 72.4 Å². The van der Waals surface area contributed by atoms with Crippen LogP contribution in [0.25, 0.3) is 22.0 Å². The molecule has 36 heavy (non-hydrogen) atoms. The third-order valence-electron chi connectivity index (χ3n) is 8.27. The zero-order valence-corrected chi connectivity index (χ0v) is 20.4. The molecule has 0 bridgehead atoms. The zero-order chi connectivity index (χ0) is 24.3. The van der Waals surface area contributed by atoms with E-state index in [2.05, 4.69) is 53.5 Å². The van der Waals surface area contributed by atoms with Crippen LogP contribution in [0.4, 0.5) is 0 Å². The molecule has 2 saturated carbocycles. The van der Waals surface area contributed by atoms with Crippen LogP contribution in [-0.2, 0) is 9.59 Å². The highest BCUT2D eigenvalue weighted by Gasteiger charge is 2.49. The zero-order valence-electron chi connectivity index (χ0n) is 20.4. The topological polar surface area (TPSA) is 68.8 Å². The van der Waals surface area contributed by atoms with Crippen molar-refractivity contribution in [3.8, 4) is 11.1 Å². The minimum absolute atomic E-state index is 0.0939. The maximum absolute atomic E-state index is 13.7. The number of nitrogens with one attached hydrogen (secondary N) is 1. The molecule has 1 aromatic heterocycles. The molecule has 0 radical (unpaired) electrons. The number of rotatable bonds is 4. The number of amidine groups is 1. The lowest BCUT2D eigenvalue weighted by Crippen LogP contribution is -2.38. The highest BCUT2D eigenvalue weighted by molar-refractivity contribution is 6.16. The number of likely N-dealkylation sites (tertiary alicyclic amines) is 1. The number of hydrogen-bond acceptors (Lipinski definition) is 3. The van der Waals surface area contributed by atoms with Crippen molar-refractivity contribution in [1.29, 1.82) is 0 Å². The number of aromatic amines is 1. The van der Waals surface area contributed by atoms with E-state index in [1.165, 1.54) is 5.39 Å². The van der Waals surface area contributed by atoms with Crippen molar-refractivity contribution in [2.75, 3.05) is 13.1 Å². The standard InChI is InChI=1S/C30H30N4O2/c35-28(23-7-8-23)33-16-12-20(18-33)19-34-27(32-30(29(34)36)13-1-2-14-30)22-5-3-21(4-6-22)24-9-10-26-25(17-24)11-15-31-26/h3-6,9-11,15,17,19,23,31H,1-2,7-8,12-14,16,18H2. The van der Waals surface area contributed by atoms with Crippen molar-refractivity contribution >= 4 is 28.6 Å². The van der Waals surface area contributed by atoms with Gasteiger partial charge in [0.15, 0.2) is 0 Å². The van der Waals surface area contributed by atoms with Gasteiger partial charge in [0, 0.05) is 42.5 Å². The summed E-state index contributed by atoms with van der Waals surface area (Å²) in [5.74, 6) is 1.35. The van der Waals surface area contributed by atoms with Crippen LogP contribution < -0.4 is 0 Å². The van der Waals surface area contributed by atoms with Crippen molar-refractivity contribution in [2.24, 2.45) is 10.9 Å². The summed E-state index contributed by atoms with van der Waals surface area (Å²) in [5.41, 5.74) is 4.90. The molecule has 1 spiro atoms. The molecule has 3 aromatic rings. The van der Waals surface area contributed by atoms with Gasteiger partial charge in [0.25, 0.3) is 5.91 Å². The smallest absolute Gasteiger partial charge is 0.260 e. The third-order valence-corrected chi connectivity index (χ3v) is 8.27. The second-order valence-electron chi connectivity index (χ2n) is 10.8. The van der Waals surface area contributed by atoms with E-state index in [0.29, 0.717) is 6.54 Å². The first kappa shape index (κ1) is 21.6. The molecule has 1 N–H and O–H groups in total. The number of nitrogens with zero attached hydrogens (tertiary/aromatic N) is 3. The number of benzene rings is 2. The largest absolute Gasteiger partial charge is 0.361 e. The van der Waals surface area contributed by atoms with E-state index in [4.69, 9.17) is 4.99 Å². The Morgan fingerprint density at radius 3 is 2.53 bits per heavy atom. The Kier molecular flexibility index (Phi) is 4.91. The summed E-state index contributed by atoms with van der Waals surface area (Å²) in [5, 5.41) is 1.19. The van der Waals surface area contributed by atoms with Gasteiger partial charge in [-0.15, -0.1) is 0 Å². The van der Waals surface area contributed by atoms with Crippen LogP contribution >= 0.6 is 0 Å². The predicted octanol–water partition coefficient (Wildman–Crippen LogP) is 5.26. The fourth-order valence-electron chi connectivity index (χ4n) is 6.02. The van der Waals surface area contributed by atoms with E-state index >= 15 is 0 Å². The molecule has 182 valence electrons. The van der Waals surface area contributed by atoms with Crippen LogP contribution in [0.5, 0.6) is 0 Å². The highest BCUT2D eigenvalue weighted by Crippen LogP contribution is 2.41. The average Bonchev–Trinajstić information content (AvgIpc) is 3.24. The molecule has 2 amide bonds. The second-order valence-corrected chi connectivity index (χ2v) is 10.8. The predicted molar refractivity (Wildman–Crippen MR) is 140 cm³/mol. The van der Waals surface area contributed by atoms with Gasteiger partial charge in [0.2, 0.25) is 5.91 Å². The first-order chi connectivity index (χ1) is 17.6. The summed E-state index contributed by atoms with van der Waals surface area (Å²) in [6, 6.07) is 16.9. The number of carbonyl (C=O) groups is 2. The van der Waals surface area contributed by atoms with Crippen LogP contribution in [-0.4, -0.2) is 51.1 Å². The van der Waals surface area contributed by atoms with Gasteiger partial charge >= 0.3 is 0 Å². The summed E-state index contributed by atoms with van der Waals surface area (Å²) < 4.78 is 0. The minimum atomic E-state index is -0.619. The van der Waals surface area contributed by atoms with E-state index in [1.807, 2.05) is 17.3 Å². The lowest BCUT2D eigenvalue weighted by Gasteiger charge is -2.20. The number of fused-ring (bicyclic) bond motifs is 1. The Bertz CT molecular complexity index is 1420. The Hall–Kier alpha value is -3.67. The lowest BCUT2D eigenvalue weighted by molar-refractivity contribution is -0.131. The van der Waals surface area contributed by atoms with Crippen molar-refractivity contribution in [2.45, 2.75) is 50.5 Å². The van der Waals surface area contributed by atoms with Crippen molar-refractivity contribution in [3.63, 3.8) is 0 Å². The van der Waals surface area contributed by atoms with E-state index in [-0.39, 0.29) is 17.7 Å². The van der Waals surface area contributed by atoms with Gasteiger partial charge < -0.3 is 9.88 Å². The molecular formula is C30H30N4O2. The molecule has 3 fully saturated rings. The van der Waals surface area contributed by atoms with Crippen molar-refractivity contribution in [3.05, 3.63) is 72.1 Å². The molecule has 2 aromatic carbocycles. The average molecular weight is 479 g/mol. The fourth-order valence-corrected chi connectivity index (χ4v) is 6.02. The summed E-state index contributed by atoms with van der Waals surface area (Å²) in [4.78, 5) is 38.3. The first-order valence-electron chi connectivity index (χ1n) is 13.2. The van der Waals surface area contributed by atoms with Gasteiger partial charge in [0.1, 0.15) is 11.4 Å². The number of hydrogen-bond donors (Lipinski definition) is 1. The van der Waals surface area contributed by atoms with E-state index in [9.17, 15) is 9.59 Å². The van der Waals surface area contributed by atoms with Crippen LogP contribution in [0.3, 0.4) is 0 Å². The van der Waals surface area contributed by atoms with E-state index in [1.54, 1.807) is 4.90 Å². The van der Waals surface area contributed by atoms with Crippen LogP contribution in [0.2, 0.25) is 0 Å². The Morgan fingerprint density at radius 1 is 1.00 bits per heavy atom. The van der Waals surface area contributed by atoms with Gasteiger partial charge in [-0.3, -0.25) is 19.5 Å². The Morgan fingerprint density at radius 2 is 1.75 bits per heavy atom. The summed E-state index contributed by atoms with van der Waals surface area (Å²) >= 11 is 0. The summed E-state index contributed by atoms with van der Waals surface area (Å²) in [6.07, 6.45) is 10.5. The van der Waals surface area contributed by atoms with Gasteiger partial charge in [-0.1, -0.05) is 43.2 Å². The highest BCUT2D eigenvalue weighted by atomic mass is 16.2. The molecule has 0 unspecified atom stereocenters. The molecule has 1 saturated heterocycles. The van der Waals surface area contributed by atoms with Crippen LogP contribution in [0.1, 0.15) is 50.5 Å². The quantitative estimate of drug-likeness (QED) is 0.556.